The molecule has 31 heavy (non-hydrogen) atoms. The summed E-state index contributed by atoms with van der Waals surface area (Å²) in [7, 11) is 0. The molecule has 3 aromatic heterocycles. The summed E-state index contributed by atoms with van der Waals surface area (Å²) in [5.41, 5.74) is 2.79. The molecule has 2 aliphatic rings. The van der Waals surface area contributed by atoms with Gasteiger partial charge in [-0.1, -0.05) is 6.92 Å². The van der Waals surface area contributed by atoms with Crippen molar-refractivity contribution in [2.75, 3.05) is 13.1 Å². The van der Waals surface area contributed by atoms with Gasteiger partial charge in [0.2, 0.25) is 0 Å². The van der Waals surface area contributed by atoms with E-state index in [9.17, 15) is 13.6 Å². The first kappa shape index (κ1) is 20.0. The molecule has 9 heteroatoms. The van der Waals surface area contributed by atoms with Crippen molar-refractivity contribution in [1.29, 1.82) is 0 Å². The van der Waals surface area contributed by atoms with E-state index in [2.05, 4.69) is 27.0 Å². The number of amides is 1. The van der Waals surface area contributed by atoms with Crippen molar-refractivity contribution < 1.29 is 13.6 Å². The highest BCUT2D eigenvalue weighted by molar-refractivity contribution is 5.94. The fraction of sp³-hybridized carbons (Fsp3) is 0.500. The van der Waals surface area contributed by atoms with Crippen LogP contribution >= 0.6 is 0 Å². The van der Waals surface area contributed by atoms with Crippen LogP contribution in [0.2, 0.25) is 0 Å². The molecule has 1 amide bonds. The lowest BCUT2D eigenvalue weighted by Gasteiger charge is -2.37. The molecule has 7 nitrogen and oxygen atoms in total. The molecule has 1 unspecified atom stereocenters. The van der Waals surface area contributed by atoms with Crippen LogP contribution < -0.4 is 0 Å². The summed E-state index contributed by atoms with van der Waals surface area (Å²) in [6.07, 6.45) is 1.64. The number of carbonyl (C=O) groups is 1. The van der Waals surface area contributed by atoms with Crippen molar-refractivity contribution in [3.8, 4) is 0 Å². The summed E-state index contributed by atoms with van der Waals surface area (Å²) < 4.78 is 28.4. The predicted molar refractivity (Wildman–Crippen MR) is 109 cm³/mol. The van der Waals surface area contributed by atoms with Crippen molar-refractivity contribution in [3.05, 3.63) is 52.9 Å². The molecule has 1 aliphatic heterocycles. The molecular weight excluding hydrogens is 402 g/mol. The number of halogens is 2. The molecular formula is C22H24F2N6O. The van der Waals surface area contributed by atoms with Crippen LogP contribution in [0.3, 0.4) is 0 Å². The van der Waals surface area contributed by atoms with Gasteiger partial charge in [0.15, 0.2) is 0 Å². The van der Waals surface area contributed by atoms with E-state index >= 15 is 0 Å². The first-order valence-corrected chi connectivity index (χ1v) is 10.7. The van der Waals surface area contributed by atoms with Gasteiger partial charge in [-0.25, -0.2) is 18.3 Å². The molecule has 1 saturated carbocycles. The van der Waals surface area contributed by atoms with Crippen molar-refractivity contribution in [2.45, 2.75) is 51.4 Å². The number of fused-ring (bicyclic) bond motifs is 1. The van der Waals surface area contributed by atoms with Crippen molar-refractivity contribution >= 4 is 11.7 Å². The maximum absolute atomic E-state index is 13.4. The smallest absolute Gasteiger partial charge is 0.280 e. The van der Waals surface area contributed by atoms with Crippen LogP contribution in [0.5, 0.6) is 0 Å². The third-order valence-electron chi connectivity index (χ3n) is 6.36. The molecule has 0 aromatic carbocycles. The molecule has 162 valence electrons. The lowest BCUT2D eigenvalue weighted by Crippen LogP contribution is -2.42. The second-order valence-corrected chi connectivity index (χ2v) is 8.70. The third-order valence-corrected chi connectivity index (χ3v) is 6.36. The Labute approximate surface area is 178 Å². The summed E-state index contributed by atoms with van der Waals surface area (Å²) in [5, 5.41) is 4.19. The van der Waals surface area contributed by atoms with E-state index in [1.165, 1.54) is 16.9 Å². The molecule has 4 heterocycles. The number of hydrogen-bond donors (Lipinski definition) is 0. The molecule has 0 bridgehead atoms. The predicted octanol–water partition coefficient (Wildman–Crippen LogP) is 3.91. The molecule has 0 N–H and O–H groups in total. The van der Waals surface area contributed by atoms with E-state index in [0.29, 0.717) is 30.3 Å². The first-order chi connectivity index (χ1) is 14.9. The summed E-state index contributed by atoms with van der Waals surface area (Å²) in [6.45, 7) is 5.05. The normalized spacial score (nSPS) is 21.8. The van der Waals surface area contributed by atoms with Crippen LogP contribution in [0.1, 0.15) is 77.6 Å². The minimum absolute atomic E-state index is 0.0396. The Kier molecular flexibility index (Phi) is 4.91. The van der Waals surface area contributed by atoms with E-state index in [-0.39, 0.29) is 29.2 Å². The van der Waals surface area contributed by atoms with Crippen molar-refractivity contribution in [2.24, 2.45) is 5.92 Å². The number of pyridine rings is 1. The van der Waals surface area contributed by atoms with Crippen LogP contribution in [0.4, 0.5) is 8.78 Å². The van der Waals surface area contributed by atoms with Gasteiger partial charge in [0.05, 0.1) is 5.69 Å². The van der Waals surface area contributed by atoms with Crippen LogP contribution in [0.25, 0.3) is 5.78 Å². The average molecular weight is 426 g/mol. The number of alkyl halides is 2. The maximum atomic E-state index is 13.4. The largest absolute Gasteiger partial charge is 0.338 e. The number of hydrogen-bond acceptors (Lipinski definition) is 5. The van der Waals surface area contributed by atoms with Gasteiger partial charge in [-0.05, 0) is 50.3 Å². The standard InChI is InChI=1S/C22H24F2N6O/c1-12-5-6-29(21(31)15-7-13(2)27-17(8-15)14-3-4-14)10-16(12)19-9-18(20(23)24)28-22-25-11-26-30(19)22/h7-9,11-12,14,16,20H,3-6,10H2,1-2H3/t12?,16-/m1/s1. The van der Waals surface area contributed by atoms with Gasteiger partial charge in [-0.2, -0.15) is 10.1 Å². The fourth-order valence-corrected chi connectivity index (χ4v) is 4.46. The third kappa shape index (κ3) is 3.77. The maximum Gasteiger partial charge on any atom is 0.280 e. The Morgan fingerprint density at radius 1 is 1.16 bits per heavy atom. The van der Waals surface area contributed by atoms with Gasteiger partial charge < -0.3 is 4.90 Å². The second kappa shape index (κ2) is 7.62. The van der Waals surface area contributed by atoms with Gasteiger partial charge in [0.1, 0.15) is 12.0 Å². The molecule has 2 atom stereocenters. The van der Waals surface area contributed by atoms with Gasteiger partial charge in [-0.3, -0.25) is 9.78 Å². The van der Waals surface area contributed by atoms with E-state index in [1.807, 2.05) is 24.0 Å². The summed E-state index contributed by atoms with van der Waals surface area (Å²) >= 11 is 0. The Morgan fingerprint density at radius 3 is 2.71 bits per heavy atom. The molecule has 5 rings (SSSR count). The topological polar surface area (TPSA) is 76.3 Å². The second-order valence-electron chi connectivity index (χ2n) is 8.70. The zero-order valence-electron chi connectivity index (χ0n) is 17.5. The lowest BCUT2D eigenvalue weighted by molar-refractivity contribution is 0.0665. The van der Waals surface area contributed by atoms with Gasteiger partial charge in [-0.15, -0.1) is 0 Å². The molecule has 1 saturated heterocycles. The van der Waals surface area contributed by atoms with E-state index in [0.717, 1.165) is 30.7 Å². The summed E-state index contributed by atoms with van der Waals surface area (Å²) in [4.78, 5) is 27.7. The molecule has 1 aliphatic carbocycles. The van der Waals surface area contributed by atoms with E-state index in [1.54, 1.807) is 0 Å². The van der Waals surface area contributed by atoms with Crippen LogP contribution in [0.15, 0.2) is 24.5 Å². The van der Waals surface area contributed by atoms with Crippen molar-refractivity contribution in [3.63, 3.8) is 0 Å². The highest BCUT2D eigenvalue weighted by atomic mass is 19.3. The minimum atomic E-state index is -2.70. The Balaban J connectivity index is 1.47. The summed E-state index contributed by atoms with van der Waals surface area (Å²) in [5.74, 6) is 0.633. The summed E-state index contributed by atoms with van der Waals surface area (Å²) in [6, 6.07) is 5.15. The Bertz CT molecular complexity index is 1140. The number of aromatic nitrogens is 5. The quantitative estimate of drug-likeness (QED) is 0.632. The Hall–Kier alpha value is -2.97. The molecule has 3 aromatic rings. The lowest BCUT2D eigenvalue weighted by atomic mass is 9.84. The molecule has 0 radical (unpaired) electrons. The van der Waals surface area contributed by atoms with Crippen LogP contribution in [-0.4, -0.2) is 48.5 Å². The van der Waals surface area contributed by atoms with Gasteiger partial charge in [0.25, 0.3) is 18.1 Å². The molecule has 2 fully saturated rings. The fourth-order valence-electron chi connectivity index (χ4n) is 4.46. The Morgan fingerprint density at radius 2 is 1.97 bits per heavy atom. The zero-order chi connectivity index (χ0) is 21.7. The van der Waals surface area contributed by atoms with Crippen LogP contribution in [0, 0.1) is 12.8 Å². The number of carbonyl (C=O) groups excluding carboxylic acids is 1. The average Bonchev–Trinajstić information content (AvgIpc) is 3.49. The number of aryl methyl sites for hydroxylation is 1. The van der Waals surface area contributed by atoms with Gasteiger partial charge >= 0.3 is 0 Å². The highest BCUT2D eigenvalue weighted by Gasteiger charge is 2.34. The highest BCUT2D eigenvalue weighted by Crippen LogP contribution is 2.40. The van der Waals surface area contributed by atoms with E-state index in [4.69, 9.17) is 0 Å². The number of rotatable bonds is 4. The minimum Gasteiger partial charge on any atom is -0.338 e. The number of nitrogens with zero attached hydrogens (tertiary/aromatic N) is 6. The van der Waals surface area contributed by atoms with E-state index < -0.39 is 6.43 Å². The monoisotopic (exact) mass is 426 g/mol. The molecule has 0 spiro atoms. The SMILES string of the molecule is Cc1cc(C(=O)N2CCC(C)[C@H](c3cc(C(F)F)nc4ncnn34)C2)cc(C2CC2)n1. The van der Waals surface area contributed by atoms with Gasteiger partial charge in [0, 0.05) is 41.9 Å². The number of piperidine rings is 1. The first-order valence-electron chi connectivity index (χ1n) is 10.7. The van der Waals surface area contributed by atoms with Crippen LogP contribution in [-0.2, 0) is 0 Å². The van der Waals surface area contributed by atoms with Crippen molar-refractivity contribution in [1.82, 2.24) is 29.5 Å². The number of likely N-dealkylation sites (tertiary alicyclic amines) is 1. The zero-order valence-corrected chi connectivity index (χ0v) is 17.5.